The molecular formula is C20H42N6Na4O16. The Morgan fingerprint density at radius 3 is 0.435 bits per heavy atom. The summed E-state index contributed by atoms with van der Waals surface area (Å²) < 4.78 is 0. The van der Waals surface area contributed by atoms with Crippen LogP contribution in [0.5, 0.6) is 0 Å². The first-order valence-electron chi connectivity index (χ1n) is 11.0. The van der Waals surface area contributed by atoms with Gasteiger partial charge in [-0.05, 0) is 0 Å². The standard InChI is InChI=1S/2C10H16N2O8.2H3N.4Na.4H/c2*13-7(14)3-11(4-8(15)16)1-2-12(5-9(17)18)6-10(19)20;;;;;;;;;;/h2*1-6H2,(H,13,14)(H,15,16)(H,17,18)(H,19,20);2*1H3;;;;;;;;. The van der Waals surface area contributed by atoms with E-state index in [1.165, 1.54) is 0 Å². The monoisotopic (exact) mass is 714 g/mol. The summed E-state index contributed by atoms with van der Waals surface area (Å²) in [5.41, 5.74) is 0. The molecule has 0 heterocycles. The Morgan fingerprint density at radius 2 is 0.370 bits per heavy atom. The van der Waals surface area contributed by atoms with Crippen LogP contribution in [0.2, 0.25) is 0 Å². The number of hydrogen-bond donors (Lipinski definition) is 10. The Kier molecular flexibility index (Phi) is 52.0. The van der Waals surface area contributed by atoms with Crippen molar-refractivity contribution in [2.45, 2.75) is 0 Å². The summed E-state index contributed by atoms with van der Waals surface area (Å²) in [5, 5.41) is 68.9. The van der Waals surface area contributed by atoms with Crippen molar-refractivity contribution >= 4 is 166 Å². The molecule has 0 saturated carbocycles. The summed E-state index contributed by atoms with van der Waals surface area (Å²) in [7, 11) is 0. The third kappa shape index (κ3) is 45.6. The average Bonchev–Trinajstić information content (AvgIpc) is 2.72. The predicted octanol–water partition coefficient (Wildman–Crippen LogP) is -6.41. The van der Waals surface area contributed by atoms with Crippen LogP contribution in [0.25, 0.3) is 0 Å². The van der Waals surface area contributed by atoms with Gasteiger partial charge in [0.25, 0.3) is 0 Å². The predicted molar refractivity (Wildman–Crippen MR) is 165 cm³/mol. The van der Waals surface area contributed by atoms with Crippen molar-refractivity contribution < 1.29 is 79.2 Å². The van der Waals surface area contributed by atoms with E-state index in [1.54, 1.807) is 0 Å². The van der Waals surface area contributed by atoms with E-state index in [-0.39, 0.29) is 157 Å². The number of rotatable bonds is 22. The van der Waals surface area contributed by atoms with Gasteiger partial charge in [-0.3, -0.25) is 58.0 Å². The minimum atomic E-state index is -1.23. The van der Waals surface area contributed by atoms with Gasteiger partial charge in [-0.1, -0.05) is 0 Å². The zero-order valence-corrected chi connectivity index (χ0v) is 22.5. The first-order valence-corrected chi connectivity index (χ1v) is 11.0. The fraction of sp³-hybridized carbons (Fsp3) is 0.600. The van der Waals surface area contributed by atoms with Crippen molar-refractivity contribution in [2.24, 2.45) is 0 Å². The summed E-state index contributed by atoms with van der Waals surface area (Å²) in [6, 6.07) is 0. The molecule has 46 heavy (non-hydrogen) atoms. The SMILES string of the molecule is N.N.O=C(O)CN(CCN(CC(=O)O)CC(=O)O)CC(=O)O.O=C(O)CN(CCN(CC(=O)O)CC(=O)O)CC(=O)O.[NaH].[NaH].[NaH].[NaH]. The summed E-state index contributed by atoms with van der Waals surface area (Å²) in [4.78, 5) is 88.7. The Morgan fingerprint density at radius 1 is 0.283 bits per heavy atom. The molecule has 0 aromatic carbocycles. The molecule has 0 fully saturated rings. The van der Waals surface area contributed by atoms with E-state index >= 15 is 0 Å². The van der Waals surface area contributed by atoms with E-state index < -0.39 is 100 Å². The molecule has 0 atom stereocenters. The molecule has 0 unspecified atom stereocenters. The minimum absolute atomic E-state index is 0. The van der Waals surface area contributed by atoms with E-state index in [0.29, 0.717) is 0 Å². The van der Waals surface area contributed by atoms with Crippen molar-refractivity contribution in [1.29, 1.82) is 0 Å². The second kappa shape index (κ2) is 37.3. The Balaban J connectivity index is -0.0000000926. The zero-order chi connectivity index (χ0) is 31.4. The van der Waals surface area contributed by atoms with Gasteiger partial charge in [0, 0.05) is 26.2 Å². The molecule has 0 spiro atoms. The zero-order valence-electron chi connectivity index (χ0n) is 22.5. The second-order valence-electron chi connectivity index (χ2n) is 7.99. The fourth-order valence-corrected chi connectivity index (χ4v) is 2.95. The molecule has 252 valence electrons. The van der Waals surface area contributed by atoms with Crippen molar-refractivity contribution in [2.75, 3.05) is 78.5 Å². The van der Waals surface area contributed by atoms with E-state index in [2.05, 4.69) is 0 Å². The van der Waals surface area contributed by atoms with E-state index in [0.717, 1.165) is 19.6 Å². The van der Waals surface area contributed by atoms with Gasteiger partial charge in [0.15, 0.2) is 0 Å². The van der Waals surface area contributed by atoms with Crippen molar-refractivity contribution in [1.82, 2.24) is 31.9 Å². The van der Waals surface area contributed by atoms with Crippen molar-refractivity contribution in [3.05, 3.63) is 0 Å². The van der Waals surface area contributed by atoms with Crippen LogP contribution in [0.15, 0.2) is 0 Å². The molecule has 0 amide bonds. The van der Waals surface area contributed by atoms with Gasteiger partial charge in [-0.25, -0.2) is 0 Å². The maximum absolute atomic E-state index is 10.6. The third-order valence-corrected chi connectivity index (χ3v) is 4.34. The van der Waals surface area contributed by atoms with Gasteiger partial charge < -0.3 is 53.2 Å². The Hall–Kier alpha value is -0.480. The van der Waals surface area contributed by atoms with Crippen LogP contribution in [-0.4, -0.2) is 305 Å². The topological polar surface area (TPSA) is 381 Å². The number of carboxylic acid groups (broad SMARTS) is 8. The van der Waals surface area contributed by atoms with Crippen molar-refractivity contribution in [3.8, 4) is 0 Å². The average molecular weight is 715 g/mol. The molecule has 0 bridgehead atoms. The van der Waals surface area contributed by atoms with E-state index in [9.17, 15) is 38.4 Å². The number of hydrogen-bond acceptors (Lipinski definition) is 14. The molecule has 0 radical (unpaired) electrons. The van der Waals surface area contributed by atoms with Gasteiger partial charge in [0.1, 0.15) is 0 Å². The molecule has 14 N–H and O–H groups in total. The molecule has 22 nitrogen and oxygen atoms in total. The Labute approximate surface area is 351 Å². The normalized spacial score (nSPS) is 9.30. The molecule has 0 aromatic heterocycles. The van der Waals surface area contributed by atoms with Crippen LogP contribution in [0.3, 0.4) is 0 Å². The van der Waals surface area contributed by atoms with Gasteiger partial charge in [-0.15, -0.1) is 0 Å². The summed E-state index contributed by atoms with van der Waals surface area (Å²) in [6.45, 7) is -4.50. The number of nitrogens with zero attached hydrogens (tertiary/aromatic N) is 4. The fourth-order valence-electron chi connectivity index (χ4n) is 2.95. The number of carbonyl (C=O) groups is 8. The van der Waals surface area contributed by atoms with Gasteiger partial charge in [-0.2, -0.15) is 0 Å². The third-order valence-electron chi connectivity index (χ3n) is 4.34. The van der Waals surface area contributed by atoms with Gasteiger partial charge in [0.05, 0.1) is 52.4 Å². The molecule has 26 heteroatoms. The number of aliphatic carboxylic acids is 8. The van der Waals surface area contributed by atoms with Crippen molar-refractivity contribution in [3.63, 3.8) is 0 Å². The van der Waals surface area contributed by atoms with E-state index in [1.807, 2.05) is 0 Å². The maximum atomic E-state index is 10.6. The second-order valence-corrected chi connectivity index (χ2v) is 7.99. The van der Waals surface area contributed by atoms with Crippen LogP contribution in [0, 0.1) is 0 Å². The quantitative estimate of drug-likeness (QED) is 0.0466. The molecule has 0 aliphatic rings. The van der Waals surface area contributed by atoms with Gasteiger partial charge >= 0.3 is 166 Å². The molecule has 0 aliphatic carbocycles. The summed E-state index contributed by atoms with van der Waals surface area (Å²) in [5.74, 6) is -9.82. The Bertz CT molecular complexity index is 729. The first-order chi connectivity index (χ1) is 18.4. The first kappa shape index (κ1) is 64.1. The molecule has 0 aromatic rings. The molecular weight excluding hydrogens is 672 g/mol. The van der Waals surface area contributed by atoms with E-state index in [4.69, 9.17) is 40.9 Å². The summed E-state index contributed by atoms with van der Waals surface area (Å²) >= 11 is 0. The van der Waals surface area contributed by atoms with Crippen LogP contribution in [0.1, 0.15) is 0 Å². The summed E-state index contributed by atoms with van der Waals surface area (Å²) in [6.07, 6.45) is 0. The van der Waals surface area contributed by atoms with Crippen LogP contribution in [-0.2, 0) is 38.4 Å². The molecule has 0 aliphatic heterocycles. The van der Waals surface area contributed by atoms with Crippen LogP contribution >= 0.6 is 0 Å². The molecule has 0 saturated heterocycles. The van der Waals surface area contributed by atoms with Crippen LogP contribution in [0.4, 0.5) is 0 Å². The number of carboxylic acids is 8. The van der Waals surface area contributed by atoms with Crippen LogP contribution < -0.4 is 12.3 Å². The van der Waals surface area contributed by atoms with Gasteiger partial charge in [0.2, 0.25) is 0 Å². The molecule has 0 rings (SSSR count).